The van der Waals surface area contributed by atoms with Crippen molar-refractivity contribution in [2.24, 2.45) is 0 Å². The Hall–Kier alpha value is -1.09. The van der Waals surface area contributed by atoms with E-state index >= 15 is 0 Å². The smallest absolute Gasteiger partial charge is 0.308 e. The maximum Gasteiger partial charge on any atom is 0.308 e. The fourth-order valence-electron chi connectivity index (χ4n) is 0.710. The molecule has 0 saturated carbocycles. The number of esters is 1. The Labute approximate surface area is 73.9 Å². The Morgan fingerprint density at radius 2 is 2.25 bits per heavy atom. The summed E-state index contributed by atoms with van der Waals surface area (Å²) in [6.07, 6.45) is 0. The molecule has 12 heavy (non-hydrogen) atoms. The maximum atomic E-state index is 12.5. The van der Waals surface area contributed by atoms with E-state index in [0.29, 0.717) is 0 Å². The maximum absolute atomic E-state index is 12.5. The van der Waals surface area contributed by atoms with Gasteiger partial charge in [-0.05, 0) is 12.1 Å². The molecule has 0 aliphatic rings. The summed E-state index contributed by atoms with van der Waals surface area (Å²) in [4.78, 5) is 10.5. The highest BCUT2D eigenvalue weighted by molar-refractivity contribution is 6.32. The first-order valence-corrected chi connectivity index (χ1v) is 3.61. The Balaban J connectivity index is 2.97. The lowest BCUT2D eigenvalue weighted by atomic mass is 10.3. The number of ether oxygens (including phenoxy) is 1. The van der Waals surface area contributed by atoms with Crippen molar-refractivity contribution in [1.82, 2.24) is 0 Å². The Morgan fingerprint density at radius 3 is 2.83 bits per heavy atom. The second kappa shape index (κ2) is 3.54. The minimum atomic E-state index is -0.525. The molecule has 0 bridgehead atoms. The number of hydrogen-bond donors (Lipinski definition) is 0. The molecule has 0 aromatic heterocycles. The SMILES string of the molecule is CC(=O)Oc1cc(F)ccc1Cl. The first-order chi connectivity index (χ1) is 5.59. The van der Waals surface area contributed by atoms with Gasteiger partial charge in [-0.2, -0.15) is 0 Å². The molecule has 0 atom stereocenters. The molecule has 4 heteroatoms. The van der Waals surface area contributed by atoms with Gasteiger partial charge in [-0.15, -0.1) is 0 Å². The van der Waals surface area contributed by atoms with Crippen LogP contribution in [0.2, 0.25) is 5.02 Å². The van der Waals surface area contributed by atoms with Gasteiger partial charge in [0.05, 0.1) is 5.02 Å². The van der Waals surface area contributed by atoms with Crippen LogP contribution in [0.25, 0.3) is 0 Å². The van der Waals surface area contributed by atoms with Crippen molar-refractivity contribution >= 4 is 17.6 Å². The van der Waals surface area contributed by atoms with E-state index < -0.39 is 11.8 Å². The van der Waals surface area contributed by atoms with Crippen LogP contribution in [0.3, 0.4) is 0 Å². The van der Waals surface area contributed by atoms with Crippen LogP contribution in [0.15, 0.2) is 18.2 Å². The van der Waals surface area contributed by atoms with Crippen molar-refractivity contribution in [3.63, 3.8) is 0 Å². The zero-order chi connectivity index (χ0) is 9.14. The third-order valence-electron chi connectivity index (χ3n) is 1.15. The van der Waals surface area contributed by atoms with Crippen molar-refractivity contribution in [2.45, 2.75) is 6.92 Å². The first kappa shape index (κ1) is 9.00. The minimum absolute atomic E-state index is 0.0455. The summed E-state index contributed by atoms with van der Waals surface area (Å²) in [6.45, 7) is 1.22. The zero-order valence-corrected chi connectivity index (χ0v) is 7.06. The van der Waals surface area contributed by atoms with Gasteiger partial charge in [0, 0.05) is 13.0 Å². The van der Waals surface area contributed by atoms with Crippen LogP contribution in [0.1, 0.15) is 6.92 Å². The number of rotatable bonds is 1. The average molecular weight is 189 g/mol. The summed E-state index contributed by atoms with van der Waals surface area (Å²) >= 11 is 5.60. The Morgan fingerprint density at radius 1 is 1.58 bits per heavy atom. The van der Waals surface area contributed by atoms with E-state index in [9.17, 15) is 9.18 Å². The number of benzene rings is 1. The summed E-state index contributed by atoms with van der Waals surface area (Å²) in [6, 6.07) is 3.58. The van der Waals surface area contributed by atoms with E-state index in [0.717, 1.165) is 6.07 Å². The number of halogens is 2. The molecule has 64 valence electrons. The normalized spacial score (nSPS) is 9.58. The number of hydrogen-bond acceptors (Lipinski definition) is 2. The molecule has 0 unspecified atom stereocenters. The molecular formula is C8H6ClFO2. The molecular weight excluding hydrogens is 183 g/mol. The topological polar surface area (TPSA) is 26.3 Å². The third-order valence-corrected chi connectivity index (χ3v) is 1.46. The van der Waals surface area contributed by atoms with Crippen LogP contribution >= 0.6 is 11.6 Å². The highest BCUT2D eigenvalue weighted by atomic mass is 35.5. The predicted molar refractivity (Wildman–Crippen MR) is 42.7 cm³/mol. The van der Waals surface area contributed by atoms with E-state index in [1.54, 1.807) is 0 Å². The molecule has 0 aliphatic carbocycles. The Kier molecular flexibility index (Phi) is 2.65. The zero-order valence-electron chi connectivity index (χ0n) is 6.30. The molecule has 2 nitrogen and oxygen atoms in total. The van der Waals surface area contributed by atoms with Gasteiger partial charge in [-0.25, -0.2) is 4.39 Å². The minimum Gasteiger partial charge on any atom is -0.425 e. The van der Waals surface area contributed by atoms with Gasteiger partial charge in [0.25, 0.3) is 0 Å². The highest BCUT2D eigenvalue weighted by Gasteiger charge is 2.04. The fourth-order valence-corrected chi connectivity index (χ4v) is 0.866. The van der Waals surface area contributed by atoms with Crippen LogP contribution < -0.4 is 4.74 Å². The highest BCUT2D eigenvalue weighted by Crippen LogP contribution is 2.24. The first-order valence-electron chi connectivity index (χ1n) is 3.23. The fraction of sp³-hybridized carbons (Fsp3) is 0.125. The van der Waals surface area contributed by atoms with E-state index in [1.165, 1.54) is 19.1 Å². The van der Waals surface area contributed by atoms with Crippen LogP contribution in [0.4, 0.5) is 4.39 Å². The lowest BCUT2D eigenvalue weighted by molar-refractivity contribution is -0.131. The summed E-state index contributed by atoms with van der Waals surface area (Å²) < 4.78 is 17.2. The van der Waals surface area contributed by atoms with E-state index in [2.05, 4.69) is 4.74 Å². The van der Waals surface area contributed by atoms with Crippen molar-refractivity contribution in [3.05, 3.63) is 29.0 Å². The van der Waals surface area contributed by atoms with E-state index in [-0.39, 0.29) is 10.8 Å². The van der Waals surface area contributed by atoms with E-state index in [4.69, 9.17) is 11.6 Å². The average Bonchev–Trinajstić information content (AvgIpc) is 1.96. The molecule has 0 N–H and O–H groups in total. The lowest BCUT2D eigenvalue weighted by Gasteiger charge is -2.02. The summed E-state index contributed by atoms with van der Waals surface area (Å²) in [5.74, 6) is -0.970. The van der Waals surface area contributed by atoms with Gasteiger partial charge < -0.3 is 4.74 Å². The quantitative estimate of drug-likeness (QED) is 0.500. The third kappa shape index (κ3) is 2.20. The van der Waals surface area contributed by atoms with Crippen LogP contribution in [-0.4, -0.2) is 5.97 Å². The molecule has 0 fully saturated rings. The summed E-state index contributed by atoms with van der Waals surface area (Å²) in [5, 5.41) is 0.214. The standard InChI is InChI=1S/C8H6ClFO2/c1-5(11)12-8-4-6(10)2-3-7(8)9/h2-4H,1H3. The van der Waals surface area contributed by atoms with Crippen LogP contribution in [-0.2, 0) is 4.79 Å². The van der Waals surface area contributed by atoms with Gasteiger partial charge in [0.15, 0.2) is 5.75 Å². The molecule has 0 amide bonds. The van der Waals surface area contributed by atoms with Crippen molar-refractivity contribution in [2.75, 3.05) is 0 Å². The van der Waals surface area contributed by atoms with Gasteiger partial charge in [-0.1, -0.05) is 11.6 Å². The number of carbonyl (C=O) groups excluding carboxylic acids is 1. The number of carbonyl (C=O) groups is 1. The second-order valence-corrected chi connectivity index (χ2v) is 2.58. The van der Waals surface area contributed by atoms with Crippen molar-refractivity contribution < 1.29 is 13.9 Å². The summed E-state index contributed by atoms with van der Waals surface area (Å²) in [5.41, 5.74) is 0. The van der Waals surface area contributed by atoms with Crippen molar-refractivity contribution in [3.8, 4) is 5.75 Å². The monoisotopic (exact) mass is 188 g/mol. The predicted octanol–water partition coefficient (Wildman–Crippen LogP) is 2.40. The largest absolute Gasteiger partial charge is 0.425 e. The molecule has 0 radical (unpaired) electrons. The molecule has 0 aliphatic heterocycles. The van der Waals surface area contributed by atoms with E-state index in [1.807, 2.05) is 0 Å². The Bertz CT molecular complexity index is 312. The van der Waals surface area contributed by atoms with Crippen LogP contribution in [0.5, 0.6) is 5.75 Å². The van der Waals surface area contributed by atoms with Gasteiger partial charge >= 0.3 is 5.97 Å². The molecule has 1 aromatic rings. The van der Waals surface area contributed by atoms with Gasteiger partial charge in [0.1, 0.15) is 5.82 Å². The second-order valence-electron chi connectivity index (χ2n) is 2.17. The molecule has 0 saturated heterocycles. The van der Waals surface area contributed by atoms with Crippen LogP contribution in [0, 0.1) is 5.82 Å². The molecule has 0 spiro atoms. The van der Waals surface area contributed by atoms with Gasteiger partial charge in [0.2, 0.25) is 0 Å². The van der Waals surface area contributed by atoms with Gasteiger partial charge in [-0.3, -0.25) is 4.79 Å². The van der Waals surface area contributed by atoms with Crippen molar-refractivity contribution in [1.29, 1.82) is 0 Å². The molecule has 1 rings (SSSR count). The summed E-state index contributed by atoms with van der Waals surface area (Å²) in [7, 11) is 0. The lowest BCUT2D eigenvalue weighted by Crippen LogP contribution is -2.01. The molecule has 0 heterocycles. The molecule has 1 aromatic carbocycles.